The first-order valence-corrected chi connectivity index (χ1v) is 7.98. The van der Waals surface area contributed by atoms with Crippen LogP contribution in [0.15, 0.2) is 12.1 Å². The lowest BCUT2D eigenvalue weighted by Gasteiger charge is -2.34. The molecular weight excluding hydrogens is 306 g/mol. The predicted molar refractivity (Wildman–Crippen MR) is 71.9 cm³/mol. The van der Waals surface area contributed by atoms with E-state index in [4.69, 9.17) is 5.11 Å². The number of hydrogen-bond donors (Lipinski definition) is 1. The van der Waals surface area contributed by atoms with E-state index in [1.807, 2.05) is 0 Å². The van der Waals surface area contributed by atoms with Crippen LogP contribution in [0.5, 0.6) is 0 Å². The van der Waals surface area contributed by atoms with E-state index < -0.39 is 33.2 Å². The fourth-order valence-corrected chi connectivity index (χ4v) is 3.04. The van der Waals surface area contributed by atoms with Crippen molar-refractivity contribution in [3.05, 3.63) is 29.3 Å². The molecule has 2 rings (SSSR count). The Morgan fingerprint density at radius 2 is 1.71 bits per heavy atom. The maximum atomic E-state index is 13.9. The van der Waals surface area contributed by atoms with Gasteiger partial charge in [0.25, 0.3) is 0 Å². The summed E-state index contributed by atoms with van der Waals surface area (Å²) in [6.45, 7) is 0.743. The Kier molecular flexibility index (Phi) is 4.15. The van der Waals surface area contributed by atoms with Crippen molar-refractivity contribution in [3.8, 4) is 0 Å². The van der Waals surface area contributed by atoms with E-state index in [1.54, 1.807) is 0 Å². The summed E-state index contributed by atoms with van der Waals surface area (Å²) in [4.78, 5) is 12.2. The molecule has 0 atom stereocenters. The third kappa shape index (κ3) is 3.13. The van der Waals surface area contributed by atoms with Gasteiger partial charge in [0.15, 0.2) is 11.6 Å². The summed E-state index contributed by atoms with van der Waals surface area (Å²) < 4.78 is 51.6. The summed E-state index contributed by atoms with van der Waals surface area (Å²) in [6.07, 6.45) is 1.09. The van der Waals surface area contributed by atoms with Gasteiger partial charge in [0.2, 0.25) is 10.0 Å². The Hall–Kier alpha value is -1.74. The van der Waals surface area contributed by atoms with Gasteiger partial charge in [-0.25, -0.2) is 22.0 Å². The molecule has 1 aromatic rings. The lowest BCUT2D eigenvalue weighted by atomic mass is 10.1. The second-order valence-corrected chi connectivity index (χ2v) is 6.70. The van der Waals surface area contributed by atoms with Crippen molar-refractivity contribution < 1.29 is 27.1 Å². The first kappa shape index (κ1) is 15.6. The van der Waals surface area contributed by atoms with Gasteiger partial charge in [-0.15, -0.1) is 0 Å². The van der Waals surface area contributed by atoms with E-state index in [2.05, 4.69) is 0 Å². The zero-order valence-electron chi connectivity index (χ0n) is 11.2. The Labute approximate surface area is 120 Å². The minimum absolute atomic E-state index is 0.0642. The molecule has 1 aliphatic rings. The van der Waals surface area contributed by atoms with E-state index in [1.165, 1.54) is 15.3 Å². The van der Waals surface area contributed by atoms with Crippen LogP contribution >= 0.6 is 0 Å². The molecule has 0 aromatic heterocycles. The SMILES string of the molecule is CS(=O)(=O)N1CCN(c2ccc(C(=O)O)c(F)c2F)CC1. The monoisotopic (exact) mass is 320 g/mol. The van der Waals surface area contributed by atoms with E-state index in [0.29, 0.717) is 0 Å². The molecule has 1 saturated heterocycles. The zero-order chi connectivity index (χ0) is 15.8. The minimum Gasteiger partial charge on any atom is -0.478 e. The van der Waals surface area contributed by atoms with Crippen LogP contribution in [0, 0.1) is 11.6 Å². The molecule has 0 aliphatic carbocycles. The molecule has 6 nitrogen and oxygen atoms in total. The summed E-state index contributed by atoms with van der Waals surface area (Å²) in [5.41, 5.74) is -0.795. The number of piperazine rings is 1. The van der Waals surface area contributed by atoms with Gasteiger partial charge < -0.3 is 10.0 Å². The van der Waals surface area contributed by atoms with E-state index in [0.717, 1.165) is 12.3 Å². The number of carboxylic acids is 1. The number of hydrogen-bond acceptors (Lipinski definition) is 4. The highest BCUT2D eigenvalue weighted by Crippen LogP contribution is 2.25. The quantitative estimate of drug-likeness (QED) is 0.889. The third-order valence-electron chi connectivity index (χ3n) is 3.34. The maximum Gasteiger partial charge on any atom is 0.338 e. The molecule has 0 amide bonds. The zero-order valence-corrected chi connectivity index (χ0v) is 12.0. The van der Waals surface area contributed by atoms with E-state index >= 15 is 0 Å². The largest absolute Gasteiger partial charge is 0.478 e. The Bertz CT molecular complexity index is 670. The highest BCUT2D eigenvalue weighted by molar-refractivity contribution is 7.88. The van der Waals surface area contributed by atoms with Crippen LogP contribution in [0.25, 0.3) is 0 Å². The van der Waals surface area contributed by atoms with Gasteiger partial charge in [0.1, 0.15) is 0 Å². The fraction of sp³-hybridized carbons (Fsp3) is 0.417. The Balaban J connectivity index is 2.22. The number of sulfonamides is 1. The minimum atomic E-state index is -3.31. The topological polar surface area (TPSA) is 77.9 Å². The van der Waals surface area contributed by atoms with Crippen molar-refractivity contribution in [2.45, 2.75) is 0 Å². The Morgan fingerprint density at radius 1 is 1.14 bits per heavy atom. The molecule has 0 spiro atoms. The smallest absolute Gasteiger partial charge is 0.338 e. The number of halogens is 2. The van der Waals surface area contributed by atoms with Crippen molar-refractivity contribution in [2.75, 3.05) is 37.3 Å². The number of nitrogens with zero attached hydrogens (tertiary/aromatic N) is 2. The van der Waals surface area contributed by atoms with Gasteiger partial charge >= 0.3 is 5.97 Å². The summed E-state index contributed by atoms with van der Waals surface area (Å²) in [5, 5.41) is 8.72. The molecule has 0 saturated carbocycles. The van der Waals surface area contributed by atoms with Gasteiger partial charge in [-0.05, 0) is 12.1 Å². The van der Waals surface area contributed by atoms with Crippen molar-refractivity contribution in [3.63, 3.8) is 0 Å². The summed E-state index contributed by atoms with van der Waals surface area (Å²) in [5.74, 6) is -4.19. The second-order valence-electron chi connectivity index (χ2n) is 4.71. The van der Waals surface area contributed by atoms with Crippen molar-refractivity contribution in [1.29, 1.82) is 0 Å². The van der Waals surface area contributed by atoms with Crippen molar-refractivity contribution >= 4 is 21.7 Å². The maximum absolute atomic E-state index is 13.9. The molecule has 1 fully saturated rings. The predicted octanol–water partition coefficient (Wildman–Crippen LogP) is 0.745. The lowest BCUT2D eigenvalue weighted by molar-refractivity contribution is 0.0690. The average Bonchev–Trinajstić information content (AvgIpc) is 2.40. The number of aromatic carboxylic acids is 1. The summed E-state index contributed by atoms with van der Waals surface area (Å²) in [6, 6.07) is 2.19. The molecule has 116 valence electrons. The van der Waals surface area contributed by atoms with E-state index in [-0.39, 0.29) is 31.9 Å². The molecule has 0 radical (unpaired) electrons. The van der Waals surface area contributed by atoms with Crippen LogP contribution in [-0.4, -0.2) is 56.2 Å². The first-order chi connectivity index (χ1) is 9.71. The van der Waals surface area contributed by atoms with Crippen LogP contribution in [0.3, 0.4) is 0 Å². The molecule has 1 aliphatic heterocycles. The van der Waals surface area contributed by atoms with Gasteiger partial charge in [-0.2, -0.15) is 4.31 Å². The van der Waals surface area contributed by atoms with Crippen LogP contribution in [-0.2, 0) is 10.0 Å². The molecule has 0 unspecified atom stereocenters. The second kappa shape index (κ2) is 5.57. The number of rotatable bonds is 3. The number of carbonyl (C=O) groups is 1. The molecule has 0 bridgehead atoms. The highest BCUT2D eigenvalue weighted by Gasteiger charge is 2.27. The molecule has 1 N–H and O–H groups in total. The average molecular weight is 320 g/mol. The normalized spacial score (nSPS) is 17.0. The fourth-order valence-electron chi connectivity index (χ4n) is 2.21. The first-order valence-electron chi connectivity index (χ1n) is 6.13. The van der Waals surface area contributed by atoms with Crippen LogP contribution in [0.2, 0.25) is 0 Å². The van der Waals surface area contributed by atoms with Gasteiger partial charge in [0.05, 0.1) is 17.5 Å². The standard InChI is InChI=1S/C12H14F2N2O4S/c1-21(19,20)16-6-4-15(5-7-16)9-3-2-8(12(17)18)10(13)11(9)14/h2-3H,4-7H2,1H3,(H,17,18). The molecular formula is C12H14F2N2O4S. The third-order valence-corrected chi connectivity index (χ3v) is 4.64. The number of carboxylic acid groups (broad SMARTS) is 1. The highest BCUT2D eigenvalue weighted by atomic mass is 32.2. The Morgan fingerprint density at radius 3 is 2.19 bits per heavy atom. The molecule has 21 heavy (non-hydrogen) atoms. The summed E-state index contributed by atoms with van der Waals surface area (Å²) in [7, 11) is -3.31. The number of anilines is 1. The summed E-state index contributed by atoms with van der Waals surface area (Å²) >= 11 is 0. The van der Waals surface area contributed by atoms with E-state index in [9.17, 15) is 22.0 Å². The number of benzene rings is 1. The van der Waals surface area contributed by atoms with Crippen LogP contribution < -0.4 is 4.90 Å². The van der Waals surface area contributed by atoms with Gasteiger partial charge in [-0.1, -0.05) is 0 Å². The van der Waals surface area contributed by atoms with Crippen molar-refractivity contribution in [2.24, 2.45) is 0 Å². The molecule has 1 aromatic carbocycles. The van der Waals surface area contributed by atoms with Gasteiger partial charge in [0, 0.05) is 26.2 Å². The van der Waals surface area contributed by atoms with Gasteiger partial charge in [-0.3, -0.25) is 0 Å². The molecule has 9 heteroatoms. The lowest BCUT2D eigenvalue weighted by Crippen LogP contribution is -2.48. The van der Waals surface area contributed by atoms with Crippen LogP contribution in [0.4, 0.5) is 14.5 Å². The molecule has 1 heterocycles. The van der Waals surface area contributed by atoms with Crippen LogP contribution in [0.1, 0.15) is 10.4 Å². The van der Waals surface area contributed by atoms with Crippen molar-refractivity contribution in [1.82, 2.24) is 4.31 Å².